The molecule has 2 fully saturated rings. The molecule has 1 aromatic carbocycles. The number of benzene rings is 1. The molecule has 4 nitrogen and oxygen atoms in total. The Morgan fingerprint density at radius 3 is 2.35 bits per heavy atom. The maximum atomic E-state index is 12.5. The lowest BCUT2D eigenvalue weighted by Gasteiger charge is -2.33. The Hall–Kier alpha value is -1.84. The monoisotopic (exact) mass is 356 g/mol. The highest BCUT2D eigenvalue weighted by atomic mass is 16.2. The molecule has 0 saturated carbocycles. The van der Waals surface area contributed by atoms with Crippen LogP contribution in [0.3, 0.4) is 0 Å². The second-order valence-electron chi connectivity index (χ2n) is 7.81. The van der Waals surface area contributed by atoms with Gasteiger partial charge in [0, 0.05) is 39.0 Å². The number of amides is 2. The zero-order chi connectivity index (χ0) is 18.2. The number of nitrogens with zero attached hydrogens (tertiary/aromatic N) is 2. The van der Waals surface area contributed by atoms with Crippen LogP contribution in [0, 0.1) is 5.92 Å². The van der Waals surface area contributed by atoms with Crippen LogP contribution in [0.25, 0.3) is 0 Å². The van der Waals surface area contributed by atoms with Gasteiger partial charge in [0.1, 0.15) is 0 Å². The van der Waals surface area contributed by atoms with Crippen LogP contribution >= 0.6 is 0 Å². The molecule has 0 radical (unpaired) electrons. The summed E-state index contributed by atoms with van der Waals surface area (Å²) in [6.07, 6.45) is 8.64. The molecule has 1 atom stereocenters. The highest BCUT2D eigenvalue weighted by Crippen LogP contribution is 2.23. The third-order valence-corrected chi connectivity index (χ3v) is 5.80. The molecule has 2 amide bonds. The first-order chi connectivity index (χ1) is 12.7. The summed E-state index contributed by atoms with van der Waals surface area (Å²) >= 11 is 0. The average molecular weight is 357 g/mol. The molecule has 2 heterocycles. The SMILES string of the molecule is O=C(CC[C@H]1CCCN(C(=O)CCCc2ccccc2)C1)N1CCCC1. The standard InChI is InChI=1S/C22H32N2O2/c25-21(12-6-10-19-8-2-1-3-9-19)24-17-7-11-20(18-24)13-14-22(26)23-15-4-5-16-23/h1-3,8-9,20H,4-7,10-18H2/t20-/m1/s1. The van der Waals surface area contributed by atoms with E-state index < -0.39 is 0 Å². The number of rotatable bonds is 7. The second kappa shape index (κ2) is 9.75. The smallest absolute Gasteiger partial charge is 0.222 e. The van der Waals surface area contributed by atoms with E-state index in [0.29, 0.717) is 24.7 Å². The molecule has 26 heavy (non-hydrogen) atoms. The number of likely N-dealkylation sites (tertiary alicyclic amines) is 2. The van der Waals surface area contributed by atoms with Crippen LogP contribution in [0.5, 0.6) is 0 Å². The highest BCUT2D eigenvalue weighted by Gasteiger charge is 2.25. The van der Waals surface area contributed by atoms with Crippen molar-refractivity contribution in [2.45, 2.75) is 57.8 Å². The molecule has 0 spiro atoms. The molecule has 2 aliphatic rings. The summed E-state index contributed by atoms with van der Waals surface area (Å²) in [7, 11) is 0. The fraction of sp³-hybridized carbons (Fsp3) is 0.636. The van der Waals surface area contributed by atoms with Crippen LogP contribution in [-0.2, 0) is 16.0 Å². The van der Waals surface area contributed by atoms with E-state index in [1.807, 2.05) is 15.9 Å². The lowest BCUT2D eigenvalue weighted by atomic mass is 9.92. The van der Waals surface area contributed by atoms with Crippen molar-refractivity contribution in [1.82, 2.24) is 9.80 Å². The number of carbonyl (C=O) groups is 2. The van der Waals surface area contributed by atoms with E-state index in [0.717, 1.165) is 71.1 Å². The van der Waals surface area contributed by atoms with Crippen molar-refractivity contribution in [3.05, 3.63) is 35.9 Å². The van der Waals surface area contributed by atoms with Crippen molar-refractivity contribution in [2.24, 2.45) is 5.92 Å². The molecular weight excluding hydrogens is 324 g/mol. The topological polar surface area (TPSA) is 40.6 Å². The lowest BCUT2D eigenvalue weighted by Crippen LogP contribution is -2.40. The molecule has 0 unspecified atom stereocenters. The Balaban J connectivity index is 1.36. The first-order valence-corrected chi connectivity index (χ1v) is 10.3. The van der Waals surface area contributed by atoms with Crippen LogP contribution in [0.2, 0.25) is 0 Å². The molecule has 2 aliphatic heterocycles. The van der Waals surface area contributed by atoms with Gasteiger partial charge < -0.3 is 9.80 Å². The molecule has 0 bridgehead atoms. The highest BCUT2D eigenvalue weighted by molar-refractivity contribution is 5.77. The van der Waals surface area contributed by atoms with Crippen molar-refractivity contribution in [3.63, 3.8) is 0 Å². The van der Waals surface area contributed by atoms with Crippen LogP contribution in [0.4, 0.5) is 0 Å². The Bertz CT molecular complexity index is 581. The largest absolute Gasteiger partial charge is 0.343 e. The number of aryl methyl sites for hydroxylation is 1. The van der Waals surface area contributed by atoms with E-state index in [4.69, 9.17) is 0 Å². The third-order valence-electron chi connectivity index (χ3n) is 5.80. The molecule has 4 heteroatoms. The summed E-state index contributed by atoms with van der Waals surface area (Å²) < 4.78 is 0. The minimum Gasteiger partial charge on any atom is -0.343 e. The molecule has 1 aromatic rings. The molecule has 142 valence electrons. The van der Waals surface area contributed by atoms with E-state index in [1.165, 1.54) is 5.56 Å². The van der Waals surface area contributed by atoms with E-state index in [-0.39, 0.29) is 5.91 Å². The number of hydrogen-bond donors (Lipinski definition) is 0. The zero-order valence-electron chi connectivity index (χ0n) is 15.9. The normalized spacial score (nSPS) is 20.4. The van der Waals surface area contributed by atoms with Crippen molar-refractivity contribution >= 4 is 11.8 Å². The Morgan fingerprint density at radius 2 is 1.58 bits per heavy atom. The van der Waals surface area contributed by atoms with E-state index in [9.17, 15) is 9.59 Å². The first kappa shape index (κ1) is 18.9. The Kier molecular flexibility index (Phi) is 7.10. The second-order valence-corrected chi connectivity index (χ2v) is 7.81. The van der Waals surface area contributed by atoms with Gasteiger partial charge in [0.15, 0.2) is 0 Å². The minimum absolute atomic E-state index is 0.288. The molecular formula is C22H32N2O2. The van der Waals surface area contributed by atoms with Gasteiger partial charge in [0.2, 0.25) is 11.8 Å². The van der Waals surface area contributed by atoms with Crippen LogP contribution in [0.15, 0.2) is 30.3 Å². The maximum Gasteiger partial charge on any atom is 0.222 e. The van der Waals surface area contributed by atoms with E-state index >= 15 is 0 Å². The predicted octanol–water partition coefficient (Wildman–Crippen LogP) is 3.65. The lowest BCUT2D eigenvalue weighted by molar-refractivity contribution is -0.133. The van der Waals surface area contributed by atoms with Gasteiger partial charge in [-0.2, -0.15) is 0 Å². The van der Waals surface area contributed by atoms with Crippen molar-refractivity contribution in [3.8, 4) is 0 Å². The van der Waals surface area contributed by atoms with Crippen LogP contribution in [0.1, 0.15) is 56.9 Å². The number of carbonyl (C=O) groups excluding carboxylic acids is 2. The molecule has 0 aliphatic carbocycles. The van der Waals surface area contributed by atoms with Gasteiger partial charge in [-0.25, -0.2) is 0 Å². The van der Waals surface area contributed by atoms with Gasteiger partial charge in [-0.15, -0.1) is 0 Å². The summed E-state index contributed by atoms with van der Waals surface area (Å²) in [5.41, 5.74) is 1.30. The van der Waals surface area contributed by atoms with Crippen molar-refractivity contribution in [1.29, 1.82) is 0 Å². The van der Waals surface area contributed by atoms with Gasteiger partial charge in [-0.05, 0) is 56.4 Å². The van der Waals surface area contributed by atoms with Crippen LogP contribution in [-0.4, -0.2) is 47.8 Å². The summed E-state index contributed by atoms with van der Waals surface area (Å²) in [4.78, 5) is 28.8. The summed E-state index contributed by atoms with van der Waals surface area (Å²) in [5, 5.41) is 0. The minimum atomic E-state index is 0.288. The van der Waals surface area contributed by atoms with Gasteiger partial charge >= 0.3 is 0 Å². The molecule has 3 rings (SSSR count). The maximum absolute atomic E-state index is 12.5. The predicted molar refractivity (Wildman–Crippen MR) is 104 cm³/mol. The Morgan fingerprint density at radius 1 is 0.885 bits per heavy atom. The number of hydrogen-bond acceptors (Lipinski definition) is 2. The summed E-state index contributed by atoms with van der Waals surface area (Å²) in [5.74, 6) is 1.10. The van der Waals surface area contributed by atoms with Crippen molar-refractivity contribution < 1.29 is 9.59 Å². The summed E-state index contributed by atoms with van der Waals surface area (Å²) in [6, 6.07) is 10.4. The fourth-order valence-electron chi connectivity index (χ4n) is 4.23. The zero-order valence-corrected chi connectivity index (χ0v) is 15.9. The number of piperidine rings is 1. The summed E-state index contributed by atoms with van der Waals surface area (Å²) in [6.45, 7) is 3.61. The van der Waals surface area contributed by atoms with E-state index in [2.05, 4.69) is 24.3 Å². The third kappa shape index (κ3) is 5.58. The van der Waals surface area contributed by atoms with Gasteiger partial charge in [0.05, 0.1) is 0 Å². The van der Waals surface area contributed by atoms with Gasteiger partial charge in [-0.1, -0.05) is 30.3 Å². The van der Waals surface area contributed by atoms with Gasteiger partial charge in [-0.3, -0.25) is 9.59 Å². The molecule has 0 aromatic heterocycles. The Labute approximate surface area is 157 Å². The van der Waals surface area contributed by atoms with E-state index in [1.54, 1.807) is 0 Å². The van der Waals surface area contributed by atoms with Gasteiger partial charge in [0.25, 0.3) is 0 Å². The molecule has 0 N–H and O–H groups in total. The van der Waals surface area contributed by atoms with Crippen molar-refractivity contribution in [2.75, 3.05) is 26.2 Å². The first-order valence-electron chi connectivity index (χ1n) is 10.3. The van der Waals surface area contributed by atoms with Crippen LogP contribution < -0.4 is 0 Å². The molecule has 2 saturated heterocycles. The quantitative estimate of drug-likeness (QED) is 0.748. The average Bonchev–Trinajstić information content (AvgIpc) is 3.22. The fourth-order valence-corrected chi connectivity index (χ4v) is 4.23.